The summed E-state index contributed by atoms with van der Waals surface area (Å²) in [6, 6.07) is 19.5. The van der Waals surface area contributed by atoms with E-state index in [-0.39, 0.29) is 24.0 Å². The zero-order valence-corrected chi connectivity index (χ0v) is 27.7. The SMILES string of the molecule is Cc1ncccc1-c1ccc(C[C@H](CC(=O)C2CCC(CNC(=O)OC(C)(C)C)CC2)C(=O)Nc2ccc(C3=NCN=N3)cc2)cc1. The van der Waals surface area contributed by atoms with E-state index in [0.29, 0.717) is 37.1 Å². The van der Waals surface area contributed by atoms with Crippen LogP contribution in [0.1, 0.15) is 69.7 Å². The molecule has 1 fully saturated rings. The lowest BCUT2D eigenvalue weighted by Gasteiger charge is -2.29. The summed E-state index contributed by atoms with van der Waals surface area (Å²) in [7, 11) is 0. The lowest BCUT2D eigenvalue weighted by Crippen LogP contribution is -2.37. The standard InChI is InChI=1S/C37H44N6O4/c1-24-32(6-5-19-38-24)27-11-7-25(8-12-27)20-30(35(45)42-31-17-15-29(16-18-31)34-40-23-41-43-34)21-33(44)28-13-9-26(10-14-28)22-39-36(46)47-37(2,3)4/h5-8,11-12,15-19,26,28,30H,9-10,13-14,20-23H2,1-4H3,(H,39,46)(H,42,45)/t26?,28?,30-/m1/s1. The Morgan fingerprint density at radius 2 is 1.64 bits per heavy atom. The largest absolute Gasteiger partial charge is 0.444 e. The van der Waals surface area contributed by atoms with Gasteiger partial charge in [0.25, 0.3) is 0 Å². The van der Waals surface area contributed by atoms with Crippen molar-refractivity contribution in [1.82, 2.24) is 10.3 Å². The molecule has 5 rings (SSSR count). The number of nitrogens with zero attached hydrogens (tertiary/aromatic N) is 4. The molecule has 2 amide bonds. The molecule has 2 heterocycles. The molecule has 0 unspecified atom stereocenters. The van der Waals surface area contributed by atoms with Crippen LogP contribution in [0.4, 0.5) is 10.5 Å². The third-order valence-electron chi connectivity index (χ3n) is 8.67. The van der Waals surface area contributed by atoms with Crippen LogP contribution in [0.3, 0.4) is 0 Å². The maximum absolute atomic E-state index is 13.7. The van der Waals surface area contributed by atoms with Crippen LogP contribution in [-0.4, -0.2) is 47.4 Å². The summed E-state index contributed by atoms with van der Waals surface area (Å²) < 4.78 is 5.35. The molecule has 0 spiro atoms. The number of amidine groups is 1. The number of aryl methyl sites for hydroxylation is 1. The normalized spacial score (nSPS) is 18.3. The number of aliphatic imine (C=N–C) groups is 1. The molecule has 0 radical (unpaired) electrons. The highest BCUT2D eigenvalue weighted by atomic mass is 16.6. The van der Waals surface area contributed by atoms with E-state index in [1.165, 1.54) is 0 Å². The maximum atomic E-state index is 13.7. The highest BCUT2D eigenvalue weighted by Gasteiger charge is 2.31. The van der Waals surface area contributed by atoms with Gasteiger partial charge in [0.2, 0.25) is 5.91 Å². The molecular weight excluding hydrogens is 592 g/mol. The van der Waals surface area contributed by atoms with Gasteiger partial charge >= 0.3 is 6.09 Å². The number of anilines is 1. The van der Waals surface area contributed by atoms with Crippen molar-refractivity contribution in [2.75, 3.05) is 18.5 Å². The molecular formula is C37H44N6O4. The Kier molecular flexibility index (Phi) is 10.9. The monoisotopic (exact) mass is 636 g/mol. The van der Waals surface area contributed by atoms with Gasteiger partial charge in [-0.1, -0.05) is 30.3 Å². The van der Waals surface area contributed by atoms with Gasteiger partial charge < -0.3 is 15.4 Å². The van der Waals surface area contributed by atoms with Crippen LogP contribution in [0.15, 0.2) is 82.1 Å². The number of benzene rings is 2. The molecule has 2 N–H and O–H groups in total. The van der Waals surface area contributed by atoms with Crippen molar-refractivity contribution in [3.8, 4) is 11.1 Å². The van der Waals surface area contributed by atoms with Crippen LogP contribution >= 0.6 is 0 Å². The Morgan fingerprint density at radius 3 is 2.28 bits per heavy atom. The number of nitrogens with one attached hydrogen (secondary N) is 2. The molecule has 0 saturated heterocycles. The van der Waals surface area contributed by atoms with Gasteiger partial charge in [-0.05, 0) is 107 Å². The summed E-state index contributed by atoms with van der Waals surface area (Å²) in [6.07, 6.45) is 5.14. The summed E-state index contributed by atoms with van der Waals surface area (Å²) in [4.78, 5) is 48.1. The molecule has 0 bridgehead atoms. The molecule has 1 saturated carbocycles. The molecule has 1 aromatic heterocycles. The summed E-state index contributed by atoms with van der Waals surface area (Å²) in [5.74, 6) is 0.170. The van der Waals surface area contributed by atoms with Crippen LogP contribution in [-0.2, 0) is 20.7 Å². The van der Waals surface area contributed by atoms with E-state index in [1.54, 1.807) is 6.20 Å². The number of azo groups is 1. The minimum atomic E-state index is -0.543. The van der Waals surface area contributed by atoms with Crippen molar-refractivity contribution in [2.24, 2.45) is 33.0 Å². The predicted octanol–water partition coefficient (Wildman–Crippen LogP) is 7.31. The average molecular weight is 637 g/mol. The Bertz CT molecular complexity index is 1620. The highest BCUT2D eigenvalue weighted by molar-refractivity contribution is 6.01. The average Bonchev–Trinajstić information content (AvgIpc) is 3.59. The van der Waals surface area contributed by atoms with Crippen molar-refractivity contribution in [2.45, 2.75) is 71.8 Å². The van der Waals surface area contributed by atoms with Crippen molar-refractivity contribution < 1.29 is 19.1 Å². The third-order valence-corrected chi connectivity index (χ3v) is 8.67. The Morgan fingerprint density at radius 1 is 0.936 bits per heavy atom. The lowest BCUT2D eigenvalue weighted by atomic mass is 9.77. The molecule has 47 heavy (non-hydrogen) atoms. The number of aromatic nitrogens is 1. The van der Waals surface area contributed by atoms with E-state index in [2.05, 4.69) is 30.8 Å². The van der Waals surface area contributed by atoms with Crippen LogP contribution in [0.25, 0.3) is 11.1 Å². The number of carbonyl (C=O) groups excluding carboxylic acids is 3. The van der Waals surface area contributed by atoms with E-state index in [9.17, 15) is 14.4 Å². The first-order chi connectivity index (χ1) is 22.5. The van der Waals surface area contributed by atoms with Gasteiger partial charge in [-0.15, -0.1) is 5.11 Å². The minimum Gasteiger partial charge on any atom is -0.444 e. The van der Waals surface area contributed by atoms with E-state index < -0.39 is 17.6 Å². The number of ketones is 1. The van der Waals surface area contributed by atoms with Crippen molar-refractivity contribution in [1.29, 1.82) is 0 Å². The molecule has 2 aliphatic rings. The first-order valence-corrected chi connectivity index (χ1v) is 16.4. The van der Waals surface area contributed by atoms with Crippen LogP contribution in [0.2, 0.25) is 0 Å². The summed E-state index contributed by atoms with van der Waals surface area (Å²) in [5.41, 5.74) is 4.99. The van der Waals surface area contributed by atoms with E-state index in [1.807, 2.05) is 88.4 Å². The maximum Gasteiger partial charge on any atom is 0.407 e. The van der Waals surface area contributed by atoms with Crippen LogP contribution in [0, 0.1) is 24.7 Å². The van der Waals surface area contributed by atoms with Gasteiger partial charge in [-0.25, -0.2) is 9.79 Å². The number of pyridine rings is 1. The number of hydrogen-bond donors (Lipinski definition) is 2. The van der Waals surface area contributed by atoms with Gasteiger partial charge in [0.1, 0.15) is 11.4 Å². The summed E-state index contributed by atoms with van der Waals surface area (Å²) in [5, 5.41) is 13.8. The summed E-state index contributed by atoms with van der Waals surface area (Å²) >= 11 is 0. The fourth-order valence-corrected chi connectivity index (χ4v) is 6.12. The highest BCUT2D eigenvalue weighted by Crippen LogP contribution is 2.32. The van der Waals surface area contributed by atoms with Crippen LogP contribution < -0.4 is 10.6 Å². The zero-order valence-electron chi connectivity index (χ0n) is 27.7. The number of rotatable bonds is 11. The van der Waals surface area contributed by atoms with Gasteiger partial charge in [-0.2, -0.15) is 5.11 Å². The van der Waals surface area contributed by atoms with E-state index >= 15 is 0 Å². The second kappa shape index (κ2) is 15.2. The topological polar surface area (TPSA) is 134 Å². The Balaban J connectivity index is 1.23. The predicted molar refractivity (Wildman–Crippen MR) is 182 cm³/mol. The second-order valence-electron chi connectivity index (χ2n) is 13.4. The third kappa shape index (κ3) is 9.64. The number of alkyl carbamates (subject to hydrolysis) is 1. The Hall–Kier alpha value is -4.73. The quantitative estimate of drug-likeness (QED) is 0.228. The van der Waals surface area contributed by atoms with Crippen molar-refractivity contribution in [3.05, 3.63) is 83.7 Å². The number of amides is 2. The Labute approximate surface area is 276 Å². The molecule has 1 aliphatic carbocycles. The van der Waals surface area contributed by atoms with Gasteiger partial charge in [0, 0.05) is 53.5 Å². The fourth-order valence-electron chi connectivity index (χ4n) is 6.12. The first kappa shape index (κ1) is 33.6. The summed E-state index contributed by atoms with van der Waals surface area (Å²) in [6.45, 7) is 8.36. The van der Waals surface area contributed by atoms with Crippen molar-refractivity contribution in [3.63, 3.8) is 0 Å². The lowest BCUT2D eigenvalue weighted by molar-refractivity contribution is -0.129. The minimum absolute atomic E-state index is 0.0976. The molecule has 3 aromatic rings. The molecule has 10 nitrogen and oxygen atoms in total. The molecule has 2 aromatic carbocycles. The van der Waals surface area contributed by atoms with Gasteiger partial charge in [-0.3, -0.25) is 14.6 Å². The number of Topliss-reactive ketones (excluding diaryl/α,β-unsaturated/α-hetero) is 1. The van der Waals surface area contributed by atoms with Gasteiger partial charge in [0.15, 0.2) is 12.5 Å². The molecule has 246 valence electrons. The first-order valence-electron chi connectivity index (χ1n) is 16.4. The van der Waals surface area contributed by atoms with Gasteiger partial charge in [0.05, 0.1) is 0 Å². The van der Waals surface area contributed by atoms with Crippen LogP contribution in [0.5, 0.6) is 0 Å². The smallest absolute Gasteiger partial charge is 0.407 e. The molecule has 1 aliphatic heterocycles. The second-order valence-corrected chi connectivity index (χ2v) is 13.4. The van der Waals surface area contributed by atoms with E-state index in [4.69, 9.17) is 4.74 Å². The molecule has 1 atom stereocenters. The number of ether oxygens (including phenoxy) is 1. The zero-order chi connectivity index (χ0) is 33.4. The number of hydrogen-bond acceptors (Lipinski definition) is 8. The molecule has 10 heteroatoms. The fraction of sp³-hybridized carbons (Fsp3) is 0.432. The van der Waals surface area contributed by atoms with E-state index in [0.717, 1.165) is 53.6 Å². The van der Waals surface area contributed by atoms with Crippen molar-refractivity contribution >= 4 is 29.3 Å². The number of carbonyl (C=O) groups is 3.